The van der Waals surface area contributed by atoms with Crippen LogP contribution in [-0.4, -0.2) is 50.0 Å². The SMILES string of the molecule is CC[N+](C)(C)CC(C)(C)c1cc(N(C(=O)O)c2ccccc2)ccc1OC. The highest BCUT2D eigenvalue weighted by Crippen LogP contribution is 2.38. The van der Waals surface area contributed by atoms with Crippen LogP contribution in [0.15, 0.2) is 48.5 Å². The predicted octanol–water partition coefficient (Wildman–Crippen LogP) is 4.89. The second-order valence-electron chi connectivity index (χ2n) is 8.13. The minimum atomic E-state index is -1.01. The van der Waals surface area contributed by atoms with Gasteiger partial charge in [-0.2, -0.15) is 0 Å². The first kappa shape index (κ1) is 20.8. The third-order valence-corrected chi connectivity index (χ3v) is 5.06. The number of para-hydroxylation sites is 1. The molecule has 1 amide bonds. The van der Waals surface area contributed by atoms with Crippen molar-refractivity contribution in [3.8, 4) is 5.75 Å². The zero-order valence-corrected chi connectivity index (χ0v) is 17.2. The first-order chi connectivity index (χ1) is 12.6. The highest BCUT2D eigenvalue weighted by molar-refractivity contribution is 5.95. The van der Waals surface area contributed by atoms with E-state index in [0.29, 0.717) is 11.4 Å². The molecule has 0 aliphatic heterocycles. The quantitative estimate of drug-likeness (QED) is 0.705. The van der Waals surface area contributed by atoms with Gasteiger partial charge in [0, 0.05) is 11.0 Å². The molecule has 0 atom stereocenters. The Morgan fingerprint density at radius 1 is 1.11 bits per heavy atom. The molecule has 0 aliphatic carbocycles. The molecule has 5 nitrogen and oxygen atoms in total. The lowest BCUT2D eigenvalue weighted by atomic mass is 9.82. The molecule has 0 aliphatic rings. The van der Waals surface area contributed by atoms with Gasteiger partial charge in [-0.05, 0) is 37.3 Å². The number of methoxy groups -OCH3 is 1. The van der Waals surface area contributed by atoms with Crippen LogP contribution in [0, 0.1) is 0 Å². The van der Waals surface area contributed by atoms with Crippen LogP contribution >= 0.6 is 0 Å². The Labute approximate surface area is 162 Å². The molecule has 0 aromatic heterocycles. The maximum Gasteiger partial charge on any atom is 0.416 e. The van der Waals surface area contributed by atoms with E-state index < -0.39 is 6.09 Å². The van der Waals surface area contributed by atoms with Crippen molar-refractivity contribution < 1.29 is 19.1 Å². The summed E-state index contributed by atoms with van der Waals surface area (Å²) in [6.07, 6.45) is -1.01. The number of hydrogen-bond acceptors (Lipinski definition) is 2. The van der Waals surface area contributed by atoms with Gasteiger partial charge in [0.05, 0.1) is 45.7 Å². The van der Waals surface area contributed by atoms with Gasteiger partial charge in [0.15, 0.2) is 0 Å². The Bertz CT molecular complexity index is 785. The Morgan fingerprint density at radius 3 is 2.26 bits per heavy atom. The first-order valence-electron chi connectivity index (χ1n) is 9.20. The normalized spacial score (nSPS) is 11.9. The first-order valence-corrected chi connectivity index (χ1v) is 9.20. The fraction of sp³-hybridized carbons (Fsp3) is 0.409. The topological polar surface area (TPSA) is 49.8 Å². The lowest BCUT2D eigenvalue weighted by Crippen LogP contribution is -2.47. The van der Waals surface area contributed by atoms with Crippen molar-refractivity contribution in [3.05, 3.63) is 54.1 Å². The Hall–Kier alpha value is -2.53. The van der Waals surface area contributed by atoms with E-state index in [1.54, 1.807) is 25.3 Å². The number of ether oxygens (including phenoxy) is 1. The van der Waals surface area contributed by atoms with Gasteiger partial charge in [-0.3, -0.25) is 0 Å². The Kier molecular flexibility index (Phi) is 6.16. The number of rotatable bonds is 7. The van der Waals surface area contributed by atoms with Gasteiger partial charge in [-0.15, -0.1) is 0 Å². The maximum absolute atomic E-state index is 12.0. The van der Waals surface area contributed by atoms with Crippen LogP contribution in [0.1, 0.15) is 26.3 Å². The fourth-order valence-corrected chi connectivity index (χ4v) is 3.58. The van der Waals surface area contributed by atoms with Crippen molar-refractivity contribution in [2.75, 3.05) is 39.2 Å². The zero-order chi connectivity index (χ0) is 20.2. The molecule has 5 heteroatoms. The molecule has 0 saturated carbocycles. The van der Waals surface area contributed by atoms with E-state index >= 15 is 0 Å². The monoisotopic (exact) mass is 371 g/mol. The van der Waals surface area contributed by atoms with Gasteiger partial charge in [-0.1, -0.05) is 32.0 Å². The molecule has 1 N–H and O–H groups in total. The summed E-state index contributed by atoms with van der Waals surface area (Å²) >= 11 is 0. The average Bonchev–Trinajstić information content (AvgIpc) is 2.61. The molecule has 27 heavy (non-hydrogen) atoms. The fourth-order valence-electron chi connectivity index (χ4n) is 3.58. The molecule has 2 aromatic rings. The molecule has 0 radical (unpaired) electrons. The van der Waals surface area contributed by atoms with Crippen molar-refractivity contribution in [1.82, 2.24) is 0 Å². The maximum atomic E-state index is 12.0. The van der Waals surface area contributed by atoms with E-state index in [1.165, 1.54) is 4.90 Å². The van der Waals surface area contributed by atoms with Crippen LogP contribution in [-0.2, 0) is 5.41 Å². The van der Waals surface area contributed by atoms with Crippen molar-refractivity contribution in [2.24, 2.45) is 0 Å². The molecule has 2 rings (SSSR count). The summed E-state index contributed by atoms with van der Waals surface area (Å²) in [6, 6.07) is 14.7. The number of quaternary nitrogens is 1. The molecule has 146 valence electrons. The molecule has 0 unspecified atom stereocenters. The van der Waals surface area contributed by atoms with Crippen molar-refractivity contribution in [2.45, 2.75) is 26.2 Å². The van der Waals surface area contributed by atoms with Gasteiger partial charge in [-0.25, -0.2) is 9.69 Å². The van der Waals surface area contributed by atoms with Crippen molar-refractivity contribution >= 4 is 17.5 Å². The minimum absolute atomic E-state index is 0.193. The van der Waals surface area contributed by atoms with Crippen molar-refractivity contribution in [3.63, 3.8) is 0 Å². The molecule has 0 saturated heterocycles. The molecule has 0 spiro atoms. The summed E-state index contributed by atoms with van der Waals surface area (Å²) in [5.41, 5.74) is 2.04. The summed E-state index contributed by atoms with van der Waals surface area (Å²) in [5, 5.41) is 9.82. The highest BCUT2D eigenvalue weighted by atomic mass is 16.5. The van der Waals surface area contributed by atoms with Crippen LogP contribution in [0.5, 0.6) is 5.75 Å². The summed E-state index contributed by atoms with van der Waals surface area (Å²) in [7, 11) is 6.05. The van der Waals surface area contributed by atoms with E-state index in [1.807, 2.05) is 30.3 Å². The van der Waals surface area contributed by atoms with Crippen LogP contribution in [0.2, 0.25) is 0 Å². The molecular weight excluding hydrogens is 340 g/mol. The lowest BCUT2D eigenvalue weighted by molar-refractivity contribution is -0.892. The van der Waals surface area contributed by atoms with E-state index in [9.17, 15) is 9.90 Å². The largest absolute Gasteiger partial charge is 0.496 e. The van der Waals surface area contributed by atoms with Gasteiger partial charge in [0.2, 0.25) is 0 Å². The second-order valence-corrected chi connectivity index (χ2v) is 8.13. The van der Waals surface area contributed by atoms with E-state index in [4.69, 9.17) is 4.74 Å². The van der Waals surface area contributed by atoms with Crippen LogP contribution in [0.25, 0.3) is 0 Å². The smallest absolute Gasteiger partial charge is 0.416 e. The molecular formula is C22H31N2O3+. The minimum Gasteiger partial charge on any atom is -0.496 e. The van der Waals surface area contributed by atoms with Gasteiger partial charge in [0.25, 0.3) is 0 Å². The number of amides is 1. The summed E-state index contributed by atoms with van der Waals surface area (Å²) < 4.78 is 6.47. The standard InChI is InChI=1S/C22H30N2O3/c1-7-24(4,5)16-22(2,3)19-15-18(13-14-20(19)27-6)23(21(25)26)17-11-9-8-10-12-17/h8-15H,7,16H2,1-6H3/p+1. The summed E-state index contributed by atoms with van der Waals surface area (Å²) in [6.45, 7) is 8.44. The van der Waals surface area contributed by atoms with Crippen LogP contribution in [0.4, 0.5) is 16.2 Å². The third-order valence-electron chi connectivity index (χ3n) is 5.06. The average molecular weight is 372 g/mol. The number of hydrogen-bond donors (Lipinski definition) is 1. The molecule has 0 heterocycles. The lowest BCUT2D eigenvalue weighted by Gasteiger charge is -2.38. The number of anilines is 2. The molecule has 2 aromatic carbocycles. The van der Waals surface area contributed by atoms with Gasteiger partial charge >= 0.3 is 6.09 Å². The highest BCUT2D eigenvalue weighted by Gasteiger charge is 2.33. The Morgan fingerprint density at radius 2 is 1.74 bits per heavy atom. The summed E-state index contributed by atoms with van der Waals surface area (Å²) in [4.78, 5) is 13.3. The number of likely N-dealkylation sites (N-methyl/N-ethyl adjacent to an activating group) is 1. The second kappa shape index (κ2) is 8.01. The number of nitrogens with zero attached hydrogens (tertiary/aromatic N) is 2. The van der Waals surface area contributed by atoms with E-state index in [-0.39, 0.29) is 5.41 Å². The number of carboxylic acid groups (broad SMARTS) is 1. The number of carbonyl (C=O) groups is 1. The van der Waals surface area contributed by atoms with Crippen LogP contribution in [0.3, 0.4) is 0 Å². The van der Waals surface area contributed by atoms with Crippen molar-refractivity contribution in [1.29, 1.82) is 0 Å². The summed E-state index contributed by atoms with van der Waals surface area (Å²) in [5.74, 6) is 0.776. The Balaban J connectivity index is 2.55. The third kappa shape index (κ3) is 4.80. The predicted molar refractivity (Wildman–Crippen MR) is 110 cm³/mol. The zero-order valence-electron chi connectivity index (χ0n) is 17.2. The molecule has 0 fully saturated rings. The van der Waals surface area contributed by atoms with Gasteiger partial charge < -0.3 is 14.3 Å². The van der Waals surface area contributed by atoms with Gasteiger partial charge in [0.1, 0.15) is 5.75 Å². The molecule has 0 bridgehead atoms. The van der Waals surface area contributed by atoms with E-state index in [0.717, 1.165) is 28.9 Å². The van der Waals surface area contributed by atoms with E-state index in [2.05, 4.69) is 34.9 Å². The number of benzene rings is 2. The van der Waals surface area contributed by atoms with Crippen LogP contribution < -0.4 is 9.64 Å².